The molecular formula is C31H31NO3. The molecule has 1 amide bonds. The zero-order valence-corrected chi connectivity index (χ0v) is 20.4. The van der Waals surface area contributed by atoms with E-state index in [2.05, 4.69) is 32.0 Å². The second kappa shape index (κ2) is 10.2. The monoisotopic (exact) mass is 465 g/mol. The maximum Gasteiger partial charge on any atom is 0.264 e. The Hall–Kier alpha value is -3.76. The molecule has 0 bridgehead atoms. The Bertz CT molecular complexity index is 1290. The lowest BCUT2D eigenvalue weighted by Crippen LogP contribution is -2.41. The van der Waals surface area contributed by atoms with Gasteiger partial charge in [0.2, 0.25) is 0 Å². The van der Waals surface area contributed by atoms with Crippen molar-refractivity contribution in [1.29, 1.82) is 0 Å². The number of aliphatic hydroxyl groups is 1. The molecule has 0 saturated heterocycles. The fourth-order valence-corrected chi connectivity index (χ4v) is 4.43. The highest BCUT2D eigenvalue weighted by molar-refractivity contribution is 6.09. The molecule has 1 heterocycles. The van der Waals surface area contributed by atoms with Crippen LogP contribution in [0.1, 0.15) is 54.0 Å². The van der Waals surface area contributed by atoms with Crippen LogP contribution in [0, 0.1) is 6.92 Å². The van der Waals surface area contributed by atoms with Gasteiger partial charge in [-0.2, -0.15) is 0 Å². The zero-order valence-electron chi connectivity index (χ0n) is 20.4. The van der Waals surface area contributed by atoms with Gasteiger partial charge in [-0.05, 0) is 47.2 Å². The summed E-state index contributed by atoms with van der Waals surface area (Å²) in [5, 5.41) is 11.5. The van der Waals surface area contributed by atoms with Crippen LogP contribution in [0.15, 0.2) is 91.0 Å². The minimum absolute atomic E-state index is 0.306. The highest BCUT2D eigenvalue weighted by Crippen LogP contribution is 2.43. The number of allylic oxidation sites excluding steroid dienone is 3. The van der Waals surface area contributed by atoms with E-state index in [4.69, 9.17) is 0 Å². The van der Waals surface area contributed by atoms with Gasteiger partial charge in [0.1, 0.15) is 0 Å². The van der Waals surface area contributed by atoms with Crippen LogP contribution in [-0.2, 0) is 21.7 Å². The van der Waals surface area contributed by atoms with Gasteiger partial charge >= 0.3 is 0 Å². The molecule has 1 atom stereocenters. The first-order chi connectivity index (χ1) is 16.8. The Morgan fingerprint density at radius 2 is 1.71 bits per heavy atom. The molecule has 0 radical (unpaired) electrons. The van der Waals surface area contributed by atoms with Crippen molar-refractivity contribution in [3.8, 4) is 0 Å². The molecule has 178 valence electrons. The van der Waals surface area contributed by atoms with Gasteiger partial charge < -0.3 is 10.0 Å². The third-order valence-corrected chi connectivity index (χ3v) is 6.52. The Balaban J connectivity index is 1.55. The number of benzene rings is 3. The van der Waals surface area contributed by atoms with Crippen molar-refractivity contribution >= 4 is 23.5 Å². The first-order valence-corrected chi connectivity index (χ1v) is 12.0. The van der Waals surface area contributed by atoms with Crippen LogP contribution in [0.5, 0.6) is 0 Å². The largest absolute Gasteiger partial charge is 0.375 e. The van der Waals surface area contributed by atoms with Gasteiger partial charge in [-0.15, -0.1) is 0 Å². The molecule has 35 heavy (non-hydrogen) atoms. The minimum Gasteiger partial charge on any atom is -0.375 e. The summed E-state index contributed by atoms with van der Waals surface area (Å²) >= 11 is 0. The quantitative estimate of drug-likeness (QED) is 0.324. The fraction of sp³-hybridized carbons (Fsp3) is 0.226. The summed E-state index contributed by atoms with van der Waals surface area (Å²) in [5.41, 5.74) is 3.57. The van der Waals surface area contributed by atoms with Crippen molar-refractivity contribution < 1.29 is 14.7 Å². The van der Waals surface area contributed by atoms with Gasteiger partial charge in [-0.3, -0.25) is 9.59 Å². The van der Waals surface area contributed by atoms with Crippen molar-refractivity contribution in [2.24, 2.45) is 0 Å². The van der Waals surface area contributed by atoms with E-state index in [9.17, 15) is 14.7 Å². The normalized spacial score (nSPS) is 17.6. The van der Waals surface area contributed by atoms with Crippen molar-refractivity contribution in [3.63, 3.8) is 0 Å². The fourth-order valence-electron chi connectivity index (χ4n) is 4.43. The molecule has 3 aromatic rings. The molecule has 0 saturated carbocycles. The number of fused-ring (bicyclic) bond motifs is 1. The average Bonchev–Trinajstić information content (AvgIpc) is 3.05. The zero-order chi connectivity index (χ0) is 25.0. The topological polar surface area (TPSA) is 57.6 Å². The van der Waals surface area contributed by atoms with E-state index in [0.717, 1.165) is 16.7 Å². The number of anilines is 1. The Morgan fingerprint density at radius 1 is 1.00 bits per heavy atom. The van der Waals surface area contributed by atoms with E-state index in [-0.39, 0.29) is 12.2 Å². The molecule has 0 aliphatic carbocycles. The van der Waals surface area contributed by atoms with Gasteiger partial charge in [-0.25, -0.2) is 0 Å². The van der Waals surface area contributed by atoms with Crippen LogP contribution in [0.4, 0.5) is 5.69 Å². The molecule has 1 N–H and O–H groups in total. The van der Waals surface area contributed by atoms with Gasteiger partial charge in [0.15, 0.2) is 11.4 Å². The number of hydrogen-bond acceptors (Lipinski definition) is 3. The SMILES string of the molecule is Cc1ccc(C(C)C)cc1CN1C(=O)[C@@](O)(CC(=O)/C=C/C=C\c2ccccc2)c2ccccc21. The number of para-hydroxylation sites is 1. The summed E-state index contributed by atoms with van der Waals surface area (Å²) in [6.45, 7) is 6.64. The Morgan fingerprint density at radius 3 is 2.46 bits per heavy atom. The van der Waals surface area contributed by atoms with Crippen molar-refractivity contribution in [2.75, 3.05) is 4.90 Å². The molecule has 4 heteroatoms. The van der Waals surface area contributed by atoms with Crippen LogP contribution in [0.25, 0.3) is 6.08 Å². The summed E-state index contributed by atoms with van der Waals surface area (Å²) in [7, 11) is 0. The van der Waals surface area contributed by atoms with E-state index in [1.54, 1.807) is 29.2 Å². The van der Waals surface area contributed by atoms with E-state index < -0.39 is 11.5 Å². The van der Waals surface area contributed by atoms with Crippen LogP contribution < -0.4 is 4.90 Å². The van der Waals surface area contributed by atoms with Gasteiger partial charge in [-0.1, -0.05) is 98.8 Å². The maximum absolute atomic E-state index is 13.6. The molecule has 3 aromatic carbocycles. The predicted molar refractivity (Wildman–Crippen MR) is 141 cm³/mol. The van der Waals surface area contributed by atoms with E-state index in [1.165, 1.54) is 11.6 Å². The third-order valence-electron chi connectivity index (χ3n) is 6.52. The summed E-state index contributed by atoms with van der Waals surface area (Å²) in [6, 6.07) is 23.3. The van der Waals surface area contributed by atoms with Crippen LogP contribution >= 0.6 is 0 Å². The average molecular weight is 466 g/mol. The summed E-state index contributed by atoms with van der Waals surface area (Å²) in [5.74, 6) is -0.406. The summed E-state index contributed by atoms with van der Waals surface area (Å²) < 4.78 is 0. The predicted octanol–water partition coefficient (Wildman–Crippen LogP) is 6.08. The number of carbonyl (C=O) groups excluding carboxylic acids is 2. The third kappa shape index (κ3) is 5.18. The maximum atomic E-state index is 13.6. The lowest BCUT2D eigenvalue weighted by Gasteiger charge is -2.23. The van der Waals surface area contributed by atoms with Crippen LogP contribution in [0.3, 0.4) is 0 Å². The number of carbonyl (C=O) groups is 2. The number of amides is 1. The first-order valence-electron chi connectivity index (χ1n) is 12.0. The highest BCUT2D eigenvalue weighted by atomic mass is 16.3. The minimum atomic E-state index is -1.88. The molecule has 4 nitrogen and oxygen atoms in total. The van der Waals surface area contributed by atoms with Gasteiger partial charge in [0.05, 0.1) is 18.7 Å². The first kappa shape index (κ1) is 24.4. The second-order valence-electron chi connectivity index (χ2n) is 9.38. The van der Waals surface area contributed by atoms with E-state index >= 15 is 0 Å². The van der Waals surface area contributed by atoms with Gasteiger partial charge in [0.25, 0.3) is 5.91 Å². The number of rotatable bonds is 8. The van der Waals surface area contributed by atoms with Crippen LogP contribution in [0.2, 0.25) is 0 Å². The van der Waals surface area contributed by atoms with E-state index in [1.807, 2.05) is 55.5 Å². The lowest BCUT2D eigenvalue weighted by molar-refractivity contribution is -0.140. The number of aryl methyl sites for hydroxylation is 1. The molecular weight excluding hydrogens is 434 g/mol. The molecule has 1 aliphatic heterocycles. The smallest absolute Gasteiger partial charge is 0.264 e. The molecule has 0 aromatic heterocycles. The Kier molecular flexibility index (Phi) is 7.13. The lowest BCUT2D eigenvalue weighted by atomic mass is 9.90. The standard InChI is InChI=1S/C31H31NO3/c1-22(2)25-18-17-23(3)26(19-25)21-32-29-16-10-9-15-28(29)31(35,30(32)34)20-27(33)14-8-7-13-24-11-5-4-6-12-24/h4-19,22,35H,20-21H2,1-3H3/b13-7-,14-8+/t31-/m1/s1. The van der Waals surface area contributed by atoms with E-state index in [0.29, 0.717) is 23.7 Å². The Labute approximate surface area is 207 Å². The van der Waals surface area contributed by atoms with Crippen molar-refractivity contribution in [3.05, 3.63) is 119 Å². The number of ketones is 1. The van der Waals surface area contributed by atoms with Crippen molar-refractivity contribution in [1.82, 2.24) is 0 Å². The number of hydrogen-bond donors (Lipinski definition) is 1. The molecule has 0 fully saturated rings. The highest BCUT2D eigenvalue weighted by Gasteiger charge is 2.50. The molecule has 0 spiro atoms. The molecule has 0 unspecified atom stereocenters. The van der Waals surface area contributed by atoms with Crippen LogP contribution in [-0.4, -0.2) is 16.8 Å². The number of nitrogens with zero attached hydrogens (tertiary/aromatic N) is 1. The second-order valence-corrected chi connectivity index (χ2v) is 9.38. The van der Waals surface area contributed by atoms with Gasteiger partial charge in [0, 0.05) is 5.56 Å². The molecule has 1 aliphatic rings. The molecule has 4 rings (SSSR count). The van der Waals surface area contributed by atoms with Crippen molar-refractivity contribution in [2.45, 2.75) is 45.3 Å². The summed E-state index contributed by atoms with van der Waals surface area (Å²) in [6.07, 6.45) is 6.41. The summed E-state index contributed by atoms with van der Waals surface area (Å²) in [4.78, 5) is 27.9.